The number of carbonyl (C=O) groups excluding carboxylic acids is 2. The second-order valence-corrected chi connectivity index (χ2v) is 8.15. The lowest BCUT2D eigenvalue weighted by atomic mass is 9.98. The van der Waals surface area contributed by atoms with Crippen LogP contribution in [0, 0.1) is 0 Å². The highest BCUT2D eigenvalue weighted by Crippen LogP contribution is 2.44. The lowest BCUT2D eigenvalue weighted by Crippen LogP contribution is -2.38. The van der Waals surface area contributed by atoms with Crippen LogP contribution in [0.15, 0.2) is 60.9 Å². The van der Waals surface area contributed by atoms with Crippen molar-refractivity contribution < 1.29 is 24.2 Å². The zero-order valence-corrected chi connectivity index (χ0v) is 18.7. The number of anilines is 1. The summed E-state index contributed by atoms with van der Waals surface area (Å²) in [6, 6.07) is 15.8. The largest absolute Gasteiger partial charge is 0.480 e. The van der Waals surface area contributed by atoms with Gasteiger partial charge >= 0.3 is 12.1 Å². The van der Waals surface area contributed by atoms with Crippen molar-refractivity contribution in [1.82, 2.24) is 15.1 Å². The number of ether oxygens (including phenoxy) is 1. The number of rotatable bonds is 9. The van der Waals surface area contributed by atoms with Gasteiger partial charge in [-0.05, 0) is 28.7 Å². The molecule has 3 N–H and O–H groups in total. The number of benzene rings is 2. The van der Waals surface area contributed by atoms with Crippen molar-refractivity contribution in [2.75, 3.05) is 11.9 Å². The third kappa shape index (κ3) is 5.25. The van der Waals surface area contributed by atoms with Gasteiger partial charge in [0.25, 0.3) is 0 Å². The number of hydrogen-bond donors (Lipinski definition) is 3. The third-order valence-corrected chi connectivity index (χ3v) is 5.80. The maximum absolute atomic E-state index is 12.5. The zero-order chi connectivity index (χ0) is 24.1. The molecule has 1 atom stereocenters. The molecule has 3 aromatic rings. The maximum atomic E-state index is 12.5. The van der Waals surface area contributed by atoms with Crippen LogP contribution < -0.4 is 10.6 Å². The van der Waals surface area contributed by atoms with Crippen molar-refractivity contribution in [3.8, 4) is 11.1 Å². The van der Waals surface area contributed by atoms with Crippen LogP contribution in [0.3, 0.4) is 0 Å². The van der Waals surface area contributed by atoms with Gasteiger partial charge in [0.2, 0.25) is 5.91 Å². The summed E-state index contributed by atoms with van der Waals surface area (Å²) in [5.41, 5.74) is 4.96. The van der Waals surface area contributed by atoms with E-state index in [2.05, 4.69) is 40.0 Å². The van der Waals surface area contributed by atoms with Gasteiger partial charge in [0.1, 0.15) is 13.2 Å². The molecule has 0 fully saturated rings. The molecule has 0 unspecified atom stereocenters. The van der Waals surface area contributed by atoms with E-state index in [1.54, 1.807) is 0 Å². The lowest BCUT2D eigenvalue weighted by Gasteiger charge is -2.18. The standard InChI is InChI=1S/C25H26N4O5/c1-2-16(11-23(30)27-17-12-26-29(13-17)14-24(31)32)28-25(33)34-15-22-20-9-5-3-7-18(20)19-8-4-6-10-21(19)22/h3-10,12-13,16,22H,2,11,14-15H2,1H3,(H,27,30)(H,28,33)(H,31,32)/t16-/m1/s1. The number of aromatic nitrogens is 2. The highest BCUT2D eigenvalue weighted by Gasteiger charge is 2.29. The fourth-order valence-electron chi connectivity index (χ4n) is 4.19. The highest BCUT2D eigenvalue weighted by atomic mass is 16.5. The predicted molar refractivity (Wildman–Crippen MR) is 125 cm³/mol. The van der Waals surface area contributed by atoms with Crippen LogP contribution >= 0.6 is 0 Å². The van der Waals surface area contributed by atoms with Gasteiger partial charge in [0, 0.05) is 24.6 Å². The number of amides is 2. The van der Waals surface area contributed by atoms with Gasteiger partial charge in [-0.2, -0.15) is 5.10 Å². The molecule has 2 amide bonds. The fraction of sp³-hybridized carbons (Fsp3) is 0.280. The topological polar surface area (TPSA) is 123 Å². The Kier molecular flexibility index (Phi) is 6.91. The second-order valence-electron chi connectivity index (χ2n) is 8.15. The number of hydrogen-bond acceptors (Lipinski definition) is 5. The van der Waals surface area contributed by atoms with Gasteiger partial charge in [0.15, 0.2) is 0 Å². The average Bonchev–Trinajstić information content (AvgIpc) is 3.38. The molecule has 1 aliphatic carbocycles. The summed E-state index contributed by atoms with van der Waals surface area (Å²) in [6.45, 7) is 1.77. The summed E-state index contributed by atoms with van der Waals surface area (Å²) < 4.78 is 6.77. The molecule has 2 aromatic carbocycles. The molecule has 4 rings (SSSR count). The Labute approximate surface area is 196 Å². The first-order chi connectivity index (χ1) is 16.4. The van der Waals surface area contributed by atoms with E-state index in [-0.39, 0.29) is 31.4 Å². The molecule has 1 aliphatic rings. The van der Waals surface area contributed by atoms with Crippen molar-refractivity contribution in [3.63, 3.8) is 0 Å². The molecule has 0 radical (unpaired) electrons. The molecule has 9 nitrogen and oxygen atoms in total. The van der Waals surface area contributed by atoms with Crippen molar-refractivity contribution in [1.29, 1.82) is 0 Å². The van der Waals surface area contributed by atoms with Gasteiger partial charge in [-0.1, -0.05) is 55.5 Å². The van der Waals surface area contributed by atoms with E-state index in [0.29, 0.717) is 12.1 Å². The summed E-state index contributed by atoms with van der Waals surface area (Å²) in [5, 5.41) is 18.1. The summed E-state index contributed by atoms with van der Waals surface area (Å²) in [5.74, 6) is -1.39. The number of nitrogens with one attached hydrogen (secondary N) is 2. The number of carboxylic acid groups (broad SMARTS) is 1. The molecule has 0 bridgehead atoms. The monoisotopic (exact) mass is 462 g/mol. The van der Waals surface area contributed by atoms with Crippen LogP contribution in [0.1, 0.15) is 36.8 Å². The highest BCUT2D eigenvalue weighted by molar-refractivity contribution is 5.91. The summed E-state index contributed by atoms with van der Waals surface area (Å²) in [7, 11) is 0. The minimum Gasteiger partial charge on any atom is -0.480 e. The fourth-order valence-corrected chi connectivity index (χ4v) is 4.19. The Bertz CT molecular complexity index is 1160. The van der Waals surface area contributed by atoms with Crippen LogP contribution in [-0.4, -0.2) is 45.5 Å². The van der Waals surface area contributed by atoms with E-state index in [0.717, 1.165) is 22.3 Å². The summed E-state index contributed by atoms with van der Waals surface area (Å²) in [4.78, 5) is 35.6. The maximum Gasteiger partial charge on any atom is 0.407 e. The van der Waals surface area contributed by atoms with Crippen molar-refractivity contribution in [2.45, 2.75) is 38.3 Å². The molecule has 9 heteroatoms. The number of carboxylic acids is 1. The molecule has 1 aromatic heterocycles. The number of aliphatic carboxylic acids is 1. The average molecular weight is 463 g/mol. The van der Waals surface area contributed by atoms with Crippen LogP contribution in [-0.2, 0) is 20.9 Å². The van der Waals surface area contributed by atoms with Crippen LogP contribution in [0.4, 0.5) is 10.5 Å². The Balaban J connectivity index is 1.30. The molecule has 0 spiro atoms. The Morgan fingerprint density at radius 3 is 2.35 bits per heavy atom. The van der Waals surface area contributed by atoms with Crippen molar-refractivity contribution in [2.24, 2.45) is 0 Å². The minimum atomic E-state index is -1.03. The molecule has 1 heterocycles. The van der Waals surface area contributed by atoms with Crippen LogP contribution in [0.5, 0.6) is 0 Å². The minimum absolute atomic E-state index is 0.0381. The van der Waals surface area contributed by atoms with E-state index in [1.807, 2.05) is 31.2 Å². The van der Waals surface area contributed by atoms with E-state index >= 15 is 0 Å². The first-order valence-corrected chi connectivity index (χ1v) is 11.1. The first-order valence-electron chi connectivity index (χ1n) is 11.1. The number of alkyl carbamates (subject to hydrolysis) is 1. The Morgan fingerprint density at radius 2 is 1.74 bits per heavy atom. The quantitative estimate of drug-likeness (QED) is 0.446. The van der Waals surface area contributed by atoms with Gasteiger partial charge in [-0.15, -0.1) is 0 Å². The molecule has 176 valence electrons. The first kappa shape index (κ1) is 23.0. The Hall–Kier alpha value is -4.14. The van der Waals surface area contributed by atoms with E-state index in [9.17, 15) is 14.4 Å². The number of fused-ring (bicyclic) bond motifs is 3. The predicted octanol–water partition coefficient (Wildman–Crippen LogP) is 3.61. The zero-order valence-electron chi connectivity index (χ0n) is 18.7. The molecule has 0 aliphatic heterocycles. The van der Waals surface area contributed by atoms with Gasteiger partial charge in [0.05, 0.1) is 11.9 Å². The molecule has 0 saturated carbocycles. The molecule has 34 heavy (non-hydrogen) atoms. The molecular weight excluding hydrogens is 436 g/mol. The van der Waals surface area contributed by atoms with E-state index in [4.69, 9.17) is 9.84 Å². The normalized spacial score (nSPS) is 13.0. The number of nitrogens with zero attached hydrogens (tertiary/aromatic N) is 2. The van der Waals surface area contributed by atoms with Gasteiger partial charge in [-0.3, -0.25) is 14.3 Å². The molecular formula is C25H26N4O5. The lowest BCUT2D eigenvalue weighted by molar-refractivity contribution is -0.137. The van der Waals surface area contributed by atoms with E-state index in [1.165, 1.54) is 17.1 Å². The van der Waals surface area contributed by atoms with Gasteiger partial charge in [-0.25, -0.2) is 4.79 Å². The summed E-state index contributed by atoms with van der Waals surface area (Å²) in [6.07, 6.45) is 2.82. The van der Waals surface area contributed by atoms with Crippen molar-refractivity contribution in [3.05, 3.63) is 72.1 Å². The molecule has 0 saturated heterocycles. The van der Waals surface area contributed by atoms with Gasteiger partial charge < -0.3 is 20.5 Å². The third-order valence-electron chi connectivity index (χ3n) is 5.80. The smallest absolute Gasteiger partial charge is 0.407 e. The summed E-state index contributed by atoms with van der Waals surface area (Å²) >= 11 is 0. The second kappa shape index (κ2) is 10.2. The van der Waals surface area contributed by atoms with Crippen LogP contribution in [0.25, 0.3) is 11.1 Å². The van der Waals surface area contributed by atoms with E-state index < -0.39 is 18.1 Å². The Morgan fingerprint density at radius 1 is 1.09 bits per heavy atom. The van der Waals surface area contributed by atoms with Crippen molar-refractivity contribution >= 4 is 23.7 Å². The van der Waals surface area contributed by atoms with Crippen LogP contribution in [0.2, 0.25) is 0 Å². The number of carbonyl (C=O) groups is 3. The SMILES string of the molecule is CC[C@H](CC(=O)Nc1cnn(CC(=O)O)c1)NC(=O)OCC1c2ccccc2-c2ccccc21.